The van der Waals surface area contributed by atoms with Crippen LogP contribution in [-0.4, -0.2) is 5.78 Å². The van der Waals surface area contributed by atoms with Crippen molar-refractivity contribution in [3.63, 3.8) is 0 Å². The SMILES string of the molecule is CC1C(=O)C1C.Nc1ccc(F)cc1.[Cl-]. The molecular weight excluding hydrogens is 217 g/mol. The van der Waals surface area contributed by atoms with Gasteiger partial charge in [0.25, 0.3) is 0 Å². The molecule has 1 aromatic carbocycles. The van der Waals surface area contributed by atoms with E-state index in [1.54, 1.807) is 0 Å². The van der Waals surface area contributed by atoms with Crippen molar-refractivity contribution in [1.82, 2.24) is 0 Å². The maximum Gasteiger partial charge on any atom is 0.139 e. The van der Waals surface area contributed by atoms with E-state index in [9.17, 15) is 9.18 Å². The topological polar surface area (TPSA) is 43.1 Å². The molecule has 2 unspecified atom stereocenters. The summed E-state index contributed by atoms with van der Waals surface area (Å²) in [5.74, 6) is 0.934. The second kappa shape index (κ2) is 5.71. The number of benzene rings is 1. The van der Waals surface area contributed by atoms with E-state index >= 15 is 0 Å². The summed E-state index contributed by atoms with van der Waals surface area (Å²) in [4.78, 5) is 10.2. The van der Waals surface area contributed by atoms with Crippen molar-refractivity contribution in [3.05, 3.63) is 30.1 Å². The maximum atomic E-state index is 12.0. The Morgan fingerprint density at radius 1 is 1.13 bits per heavy atom. The van der Waals surface area contributed by atoms with E-state index < -0.39 is 0 Å². The Labute approximate surface area is 95.1 Å². The predicted octanol–water partition coefficient (Wildman–Crippen LogP) is -0.747. The van der Waals surface area contributed by atoms with Crippen LogP contribution in [0.25, 0.3) is 0 Å². The number of hydrogen-bond acceptors (Lipinski definition) is 2. The van der Waals surface area contributed by atoms with Crippen molar-refractivity contribution in [1.29, 1.82) is 0 Å². The molecule has 15 heavy (non-hydrogen) atoms. The van der Waals surface area contributed by atoms with Gasteiger partial charge < -0.3 is 18.1 Å². The third kappa shape index (κ3) is 4.30. The van der Waals surface area contributed by atoms with Gasteiger partial charge in [-0.15, -0.1) is 0 Å². The standard InChI is InChI=1S/C6H6FN.C5H8O.ClH/c7-5-1-3-6(8)4-2-5;1-3-4(2)5(3)6;/h1-4H,8H2;3-4H,1-2H3;1H/p-1. The molecule has 0 heterocycles. The Balaban J connectivity index is 0.000000253. The van der Waals surface area contributed by atoms with Gasteiger partial charge in [0.05, 0.1) is 0 Å². The van der Waals surface area contributed by atoms with Crippen molar-refractivity contribution in [2.75, 3.05) is 5.73 Å². The minimum atomic E-state index is -0.251. The summed E-state index contributed by atoms with van der Waals surface area (Å²) in [6.45, 7) is 3.93. The summed E-state index contributed by atoms with van der Waals surface area (Å²) in [6, 6.07) is 5.70. The number of hydrogen-bond donors (Lipinski definition) is 1. The largest absolute Gasteiger partial charge is 1.00 e. The van der Waals surface area contributed by atoms with Gasteiger partial charge in [0.2, 0.25) is 0 Å². The molecule has 1 saturated carbocycles. The molecule has 2 nitrogen and oxygen atoms in total. The molecule has 0 amide bonds. The van der Waals surface area contributed by atoms with Crippen LogP contribution < -0.4 is 18.1 Å². The highest BCUT2D eigenvalue weighted by atomic mass is 35.5. The molecular formula is C11H14ClFNO-. The smallest absolute Gasteiger partial charge is 0.139 e. The maximum absolute atomic E-state index is 12.0. The van der Waals surface area contributed by atoms with Gasteiger partial charge >= 0.3 is 0 Å². The predicted molar refractivity (Wildman–Crippen MR) is 54.1 cm³/mol. The van der Waals surface area contributed by atoms with Gasteiger partial charge in [-0.1, -0.05) is 13.8 Å². The van der Waals surface area contributed by atoms with E-state index in [1.165, 1.54) is 24.3 Å². The van der Waals surface area contributed by atoms with E-state index in [4.69, 9.17) is 5.73 Å². The first-order chi connectivity index (χ1) is 6.52. The van der Waals surface area contributed by atoms with Crippen LogP contribution in [-0.2, 0) is 4.79 Å². The average molecular weight is 231 g/mol. The molecule has 0 saturated heterocycles. The summed E-state index contributed by atoms with van der Waals surface area (Å²) in [6.07, 6.45) is 0. The molecule has 1 aliphatic carbocycles. The Morgan fingerprint density at radius 2 is 1.47 bits per heavy atom. The Bertz CT molecular complexity index is 295. The van der Waals surface area contributed by atoms with Gasteiger partial charge in [0.15, 0.2) is 0 Å². The first-order valence-corrected chi connectivity index (χ1v) is 4.57. The third-order valence-corrected chi connectivity index (χ3v) is 2.41. The van der Waals surface area contributed by atoms with E-state index in [-0.39, 0.29) is 18.2 Å². The van der Waals surface area contributed by atoms with Crippen molar-refractivity contribution in [2.45, 2.75) is 13.8 Å². The second-order valence-corrected chi connectivity index (χ2v) is 3.53. The van der Waals surface area contributed by atoms with Crippen molar-refractivity contribution >= 4 is 11.5 Å². The lowest BCUT2D eigenvalue weighted by Crippen LogP contribution is -3.00. The van der Waals surface area contributed by atoms with Gasteiger partial charge in [-0.3, -0.25) is 4.79 Å². The number of carbonyl (C=O) groups is 1. The highest BCUT2D eigenvalue weighted by molar-refractivity contribution is 5.98. The number of nitrogen functional groups attached to an aromatic ring is 1. The number of carbonyl (C=O) groups excluding carboxylic acids is 1. The Hall–Kier alpha value is -1.09. The zero-order valence-electron chi connectivity index (χ0n) is 8.71. The molecule has 84 valence electrons. The molecule has 0 bridgehead atoms. The number of halogens is 2. The normalized spacial score (nSPS) is 22.2. The molecule has 2 rings (SSSR count). The van der Waals surface area contributed by atoms with Crippen molar-refractivity contribution < 1.29 is 21.6 Å². The average Bonchev–Trinajstić information content (AvgIpc) is 2.68. The van der Waals surface area contributed by atoms with Crippen LogP contribution in [0, 0.1) is 17.7 Å². The van der Waals surface area contributed by atoms with Crippen LogP contribution in [0.5, 0.6) is 0 Å². The number of ketones is 1. The first kappa shape index (κ1) is 13.9. The lowest BCUT2D eigenvalue weighted by atomic mass is 10.3. The molecule has 0 aliphatic heterocycles. The number of anilines is 1. The lowest BCUT2D eigenvalue weighted by molar-refractivity contribution is -0.111. The number of rotatable bonds is 0. The minimum absolute atomic E-state index is 0. The fourth-order valence-corrected chi connectivity index (χ4v) is 0.992. The fourth-order valence-electron chi connectivity index (χ4n) is 0.992. The lowest BCUT2D eigenvalue weighted by Gasteiger charge is -1.87. The summed E-state index contributed by atoms with van der Waals surface area (Å²) in [5, 5.41) is 0. The summed E-state index contributed by atoms with van der Waals surface area (Å²) < 4.78 is 12.0. The highest BCUT2D eigenvalue weighted by Gasteiger charge is 2.40. The monoisotopic (exact) mass is 230 g/mol. The fraction of sp³-hybridized carbons (Fsp3) is 0.364. The molecule has 0 aromatic heterocycles. The van der Waals surface area contributed by atoms with Crippen molar-refractivity contribution in [3.8, 4) is 0 Å². The zero-order chi connectivity index (χ0) is 10.7. The molecule has 4 heteroatoms. The Morgan fingerprint density at radius 3 is 1.67 bits per heavy atom. The number of Topliss-reactive ketones (excluding diaryl/α,β-unsaturated/α-hetero) is 1. The molecule has 1 aliphatic rings. The van der Waals surface area contributed by atoms with Crippen LogP contribution in [0.2, 0.25) is 0 Å². The minimum Gasteiger partial charge on any atom is -1.00 e. The quantitative estimate of drug-likeness (QED) is 0.597. The van der Waals surface area contributed by atoms with E-state index in [2.05, 4.69) is 0 Å². The van der Waals surface area contributed by atoms with Crippen LogP contribution >= 0.6 is 0 Å². The zero-order valence-corrected chi connectivity index (χ0v) is 9.46. The van der Waals surface area contributed by atoms with Gasteiger partial charge in [-0.2, -0.15) is 0 Å². The van der Waals surface area contributed by atoms with Gasteiger partial charge in [-0.25, -0.2) is 4.39 Å². The first-order valence-electron chi connectivity index (χ1n) is 4.57. The molecule has 0 radical (unpaired) electrons. The van der Waals surface area contributed by atoms with E-state index in [0.29, 0.717) is 23.3 Å². The van der Waals surface area contributed by atoms with Crippen LogP contribution in [0.4, 0.5) is 10.1 Å². The molecule has 1 fully saturated rings. The molecule has 2 atom stereocenters. The van der Waals surface area contributed by atoms with Gasteiger partial charge in [0.1, 0.15) is 11.6 Å². The second-order valence-electron chi connectivity index (χ2n) is 3.53. The van der Waals surface area contributed by atoms with Gasteiger partial charge in [-0.05, 0) is 24.3 Å². The summed E-state index contributed by atoms with van der Waals surface area (Å²) in [7, 11) is 0. The van der Waals surface area contributed by atoms with Gasteiger partial charge in [0, 0.05) is 17.5 Å². The number of nitrogens with two attached hydrogens (primary N) is 1. The Kier molecular flexibility index (Phi) is 5.29. The highest BCUT2D eigenvalue weighted by Crippen LogP contribution is 2.31. The van der Waals surface area contributed by atoms with Crippen molar-refractivity contribution in [2.24, 2.45) is 11.8 Å². The van der Waals surface area contributed by atoms with Crippen LogP contribution in [0.1, 0.15) is 13.8 Å². The van der Waals surface area contributed by atoms with Crippen LogP contribution in [0.3, 0.4) is 0 Å². The van der Waals surface area contributed by atoms with E-state index in [1.807, 2.05) is 13.8 Å². The summed E-state index contributed by atoms with van der Waals surface area (Å²) in [5.41, 5.74) is 5.85. The van der Waals surface area contributed by atoms with Crippen LogP contribution in [0.15, 0.2) is 24.3 Å². The van der Waals surface area contributed by atoms with E-state index in [0.717, 1.165) is 0 Å². The third-order valence-electron chi connectivity index (χ3n) is 2.41. The molecule has 0 spiro atoms. The molecule has 2 N–H and O–H groups in total. The molecule has 1 aromatic rings. The summed E-state index contributed by atoms with van der Waals surface area (Å²) >= 11 is 0.